The van der Waals surface area contributed by atoms with E-state index < -0.39 is 5.60 Å². The maximum Gasteiger partial charge on any atom is 0.410 e. The molecule has 1 unspecified atom stereocenters. The zero-order valence-electron chi connectivity index (χ0n) is 27.0. The number of ether oxygens (including phenoxy) is 3. The molecule has 2 amide bonds. The Labute approximate surface area is 257 Å². The van der Waals surface area contributed by atoms with Gasteiger partial charge in [-0.25, -0.2) is 4.79 Å². The number of para-hydroxylation sites is 1. The SMILES string of the molecule is COc1cccc(CN2CC(=O)N(C3CC4(CCN(C(=O)OC(C)(C)C)CC4)C3)C(c3ccccc3C(C)C)C2)c1OC. The standard InChI is InChI=1S/C35H49N3O5/c1-24(2)27-12-8-9-13-28(27)29-22-36(21-25-11-10-14-30(41-6)32(25)42-7)23-31(39)38(29)26-19-35(20-26)15-17-37(18-16-35)33(40)43-34(3,4)5/h8-14,24,26,29H,15-23H2,1-7H3. The van der Waals surface area contributed by atoms with E-state index in [-0.39, 0.29) is 29.5 Å². The second-order valence-electron chi connectivity index (χ2n) is 14.0. The summed E-state index contributed by atoms with van der Waals surface area (Å²) in [4.78, 5) is 33.0. The molecule has 2 saturated heterocycles. The molecule has 2 aromatic rings. The van der Waals surface area contributed by atoms with Crippen LogP contribution in [0.3, 0.4) is 0 Å². The van der Waals surface area contributed by atoms with Crippen LogP contribution >= 0.6 is 0 Å². The molecule has 3 aliphatic rings. The minimum absolute atomic E-state index is 0.0272. The number of carbonyl (C=O) groups excluding carboxylic acids is 2. The van der Waals surface area contributed by atoms with Crippen LogP contribution < -0.4 is 9.47 Å². The first-order valence-corrected chi connectivity index (χ1v) is 15.7. The lowest BCUT2D eigenvalue weighted by Crippen LogP contribution is -2.62. The smallest absolute Gasteiger partial charge is 0.410 e. The maximum absolute atomic E-state index is 14.1. The summed E-state index contributed by atoms with van der Waals surface area (Å²) in [5, 5.41) is 0. The zero-order valence-corrected chi connectivity index (χ0v) is 27.0. The number of piperidine rings is 1. The van der Waals surface area contributed by atoms with Crippen molar-refractivity contribution in [2.75, 3.05) is 40.4 Å². The average Bonchev–Trinajstić information content (AvgIpc) is 2.94. The second kappa shape index (κ2) is 12.4. The van der Waals surface area contributed by atoms with Crippen molar-refractivity contribution in [3.05, 3.63) is 59.2 Å². The Hall–Kier alpha value is -3.26. The minimum atomic E-state index is -0.491. The predicted octanol–water partition coefficient (Wildman–Crippen LogP) is 6.39. The molecule has 8 nitrogen and oxygen atoms in total. The average molecular weight is 592 g/mol. The van der Waals surface area contributed by atoms with Gasteiger partial charge in [-0.1, -0.05) is 50.2 Å². The Morgan fingerprint density at radius 1 is 1.00 bits per heavy atom. The third kappa shape index (κ3) is 6.64. The molecule has 1 saturated carbocycles. The van der Waals surface area contributed by atoms with E-state index in [0.717, 1.165) is 43.5 Å². The second-order valence-corrected chi connectivity index (χ2v) is 14.0. The molecular weight excluding hydrogens is 542 g/mol. The molecule has 0 N–H and O–H groups in total. The predicted molar refractivity (Wildman–Crippen MR) is 167 cm³/mol. The quantitative estimate of drug-likeness (QED) is 0.372. The number of amides is 2. The van der Waals surface area contributed by atoms with Gasteiger partial charge in [0, 0.05) is 37.8 Å². The monoisotopic (exact) mass is 591 g/mol. The molecule has 43 heavy (non-hydrogen) atoms. The van der Waals surface area contributed by atoms with E-state index in [1.54, 1.807) is 14.2 Å². The van der Waals surface area contributed by atoms with E-state index in [1.807, 2.05) is 37.8 Å². The molecule has 0 radical (unpaired) electrons. The van der Waals surface area contributed by atoms with Gasteiger partial charge in [-0.3, -0.25) is 9.69 Å². The highest BCUT2D eigenvalue weighted by Gasteiger charge is 2.52. The molecule has 2 aromatic carbocycles. The number of carbonyl (C=O) groups is 2. The first-order valence-electron chi connectivity index (χ1n) is 15.7. The molecule has 2 heterocycles. The number of hydrogen-bond donors (Lipinski definition) is 0. The third-order valence-corrected chi connectivity index (χ3v) is 9.48. The summed E-state index contributed by atoms with van der Waals surface area (Å²) in [6.07, 6.45) is 3.68. The Bertz CT molecular complexity index is 1300. The van der Waals surface area contributed by atoms with E-state index in [2.05, 4.69) is 54.0 Å². The van der Waals surface area contributed by atoms with Crippen LogP contribution in [0.4, 0.5) is 4.79 Å². The number of rotatable bonds is 7. The van der Waals surface area contributed by atoms with Crippen LogP contribution in [0.1, 0.15) is 89.0 Å². The number of benzene rings is 2. The van der Waals surface area contributed by atoms with Gasteiger partial charge in [0.05, 0.1) is 26.8 Å². The van der Waals surface area contributed by atoms with Gasteiger partial charge < -0.3 is 24.0 Å². The summed E-state index contributed by atoms with van der Waals surface area (Å²) < 4.78 is 16.9. The number of methoxy groups -OCH3 is 2. The van der Waals surface area contributed by atoms with Crippen molar-refractivity contribution in [3.63, 3.8) is 0 Å². The molecule has 1 aliphatic carbocycles. The van der Waals surface area contributed by atoms with Gasteiger partial charge in [0.15, 0.2) is 11.5 Å². The largest absolute Gasteiger partial charge is 0.493 e. The summed E-state index contributed by atoms with van der Waals surface area (Å²) in [7, 11) is 3.31. The van der Waals surface area contributed by atoms with Gasteiger partial charge in [0.2, 0.25) is 5.91 Å². The molecule has 2 aliphatic heterocycles. The van der Waals surface area contributed by atoms with Gasteiger partial charge in [0.25, 0.3) is 0 Å². The summed E-state index contributed by atoms with van der Waals surface area (Å²) >= 11 is 0. The molecule has 234 valence electrons. The number of hydrogen-bond acceptors (Lipinski definition) is 6. The van der Waals surface area contributed by atoms with Crippen molar-refractivity contribution >= 4 is 12.0 Å². The maximum atomic E-state index is 14.1. The van der Waals surface area contributed by atoms with Crippen LogP contribution in [0.2, 0.25) is 0 Å². The number of nitrogens with zero attached hydrogens (tertiary/aromatic N) is 3. The Balaban J connectivity index is 1.34. The molecular formula is C35H49N3O5. The van der Waals surface area contributed by atoms with E-state index in [0.29, 0.717) is 37.8 Å². The van der Waals surface area contributed by atoms with Crippen molar-refractivity contribution < 1.29 is 23.8 Å². The topological polar surface area (TPSA) is 71.6 Å². The van der Waals surface area contributed by atoms with E-state index >= 15 is 0 Å². The van der Waals surface area contributed by atoms with Crippen LogP contribution in [0.5, 0.6) is 11.5 Å². The van der Waals surface area contributed by atoms with Crippen LogP contribution in [0, 0.1) is 5.41 Å². The van der Waals surface area contributed by atoms with Crippen molar-refractivity contribution in [3.8, 4) is 11.5 Å². The molecule has 1 atom stereocenters. The number of likely N-dealkylation sites (tertiary alicyclic amines) is 1. The fraction of sp³-hybridized carbons (Fsp3) is 0.600. The van der Waals surface area contributed by atoms with Crippen molar-refractivity contribution in [2.45, 2.75) is 90.4 Å². The third-order valence-electron chi connectivity index (χ3n) is 9.48. The van der Waals surface area contributed by atoms with Gasteiger partial charge in [-0.05, 0) is 75.0 Å². The fourth-order valence-electron chi connectivity index (χ4n) is 7.36. The Kier molecular flexibility index (Phi) is 8.98. The van der Waals surface area contributed by atoms with Gasteiger partial charge in [-0.2, -0.15) is 0 Å². The zero-order chi connectivity index (χ0) is 30.9. The van der Waals surface area contributed by atoms with Crippen molar-refractivity contribution in [1.29, 1.82) is 0 Å². The van der Waals surface area contributed by atoms with Crippen molar-refractivity contribution in [1.82, 2.24) is 14.7 Å². The van der Waals surface area contributed by atoms with Gasteiger partial charge in [-0.15, -0.1) is 0 Å². The normalized spacial score (nSPS) is 21.2. The summed E-state index contributed by atoms with van der Waals surface area (Å²) in [5.74, 6) is 1.96. The number of piperazine rings is 1. The lowest BCUT2D eigenvalue weighted by atomic mass is 9.59. The van der Waals surface area contributed by atoms with Crippen LogP contribution in [-0.4, -0.2) is 78.7 Å². The van der Waals surface area contributed by atoms with E-state index in [4.69, 9.17) is 14.2 Å². The minimum Gasteiger partial charge on any atom is -0.493 e. The fourth-order valence-corrected chi connectivity index (χ4v) is 7.36. The molecule has 3 fully saturated rings. The highest BCUT2D eigenvalue weighted by molar-refractivity contribution is 5.80. The van der Waals surface area contributed by atoms with Gasteiger partial charge in [0.1, 0.15) is 5.60 Å². The Morgan fingerprint density at radius 2 is 1.70 bits per heavy atom. The highest BCUT2D eigenvalue weighted by atomic mass is 16.6. The highest BCUT2D eigenvalue weighted by Crippen LogP contribution is 2.53. The Morgan fingerprint density at radius 3 is 2.33 bits per heavy atom. The summed E-state index contributed by atoms with van der Waals surface area (Å²) in [6, 6.07) is 14.7. The summed E-state index contributed by atoms with van der Waals surface area (Å²) in [6.45, 7) is 13.3. The lowest BCUT2D eigenvalue weighted by Gasteiger charge is -2.58. The van der Waals surface area contributed by atoms with E-state index in [9.17, 15) is 9.59 Å². The molecule has 5 rings (SSSR count). The summed E-state index contributed by atoms with van der Waals surface area (Å²) in [5.41, 5.74) is 3.25. The van der Waals surface area contributed by atoms with Crippen LogP contribution in [0.15, 0.2) is 42.5 Å². The van der Waals surface area contributed by atoms with Gasteiger partial charge >= 0.3 is 6.09 Å². The van der Waals surface area contributed by atoms with Crippen LogP contribution in [0.25, 0.3) is 0 Å². The molecule has 0 aromatic heterocycles. The lowest BCUT2D eigenvalue weighted by molar-refractivity contribution is -0.153. The first-order chi connectivity index (χ1) is 20.4. The molecule has 0 bridgehead atoms. The molecule has 1 spiro atoms. The molecule has 8 heteroatoms. The van der Waals surface area contributed by atoms with E-state index in [1.165, 1.54) is 11.1 Å². The van der Waals surface area contributed by atoms with Crippen LogP contribution in [-0.2, 0) is 16.1 Å². The van der Waals surface area contributed by atoms with Crippen molar-refractivity contribution in [2.24, 2.45) is 5.41 Å². The first kappa shape index (κ1) is 31.2.